The van der Waals surface area contributed by atoms with E-state index >= 15 is 0 Å². The second-order valence-corrected chi connectivity index (χ2v) is 4.18. The van der Waals surface area contributed by atoms with Crippen LogP contribution < -0.4 is 5.73 Å². The molecular formula is C13H15F2N3. The van der Waals surface area contributed by atoms with E-state index in [9.17, 15) is 8.78 Å². The lowest BCUT2D eigenvalue weighted by molar-refractivity contribution is 0.584. The predicted octanol–water partition coefficient (Wildman–Crippen LogP) is 3.21. The number of imidazole rings is 1. The SMILES string of the molecule is CCCCn1cnc(-c2cc(F)cc(F)c2)c1N. The number of nitrogen functional groups attached to an aromatic ring is 1. The smallest absolute Gasteiger partial charge is 0.131 e. The standard InChI is InChI=1S/C13H15F2N3/c1-2-3-4-18-8-17-12(13(18)16)9-5-10(14)7-11(15)6-9/h5-8H,2-4,16H2,1H3. The first-order chi connectivity index (χ1) is 8.61. The maximum Gasteiger partial charge on any atom is 0.131 e. The summed E-state index contributed by atoms with van der Waals surface area (Å²) >= 11 is 0. The molecule has 0 saturated carbocycles. The topological polar surface area (TPSA) is 43.8 Å². The van der Waals surface area contributed by atoms with Crippen molar-refractivity contribution in [3.8, 4) is 11.3 Å². The first-order valence-corrected chi connectivity index (χ1v) is 5.89. The van der Waals surface area contributed by atoms with Crippen molar-refractivity contribution in [2.24, 2.45) is 0 Å². The fourth-order valence-electron chi connectivity index (χ4n) is 1.81. The fourth-order valence-corrected chi connectivity index (χ4v) is 1.81. The van der Waals surface area contributed by atoms with E-state index in [0.717, 1.165) is 25.5 Å². The Morgan fingerprint density at radius 3 is 2.50 bits per heavy atom. The lowest BCUT2D eigenvalue weighted by Crippen LogP contribution is -2.02. The lowest BCUT2D eigenvalue weighted by atomic mass is 10.1. The molecule has 0 radical (unpaired) electrons. The monoisotopic (exact) mass is 251 g/mol. The number of benzene rings is 1. The van der Waals surface area contributed by atoms with Gasteiger partial charge in [0.1, 0.15) is 23.1 Å². The zero-order chi connectivity index (χ0) is 13.1. The van der Waals surface area contributed by atoms with Crippen LogP contribution in [0.2, 0.25) is 0 Å². The van der Waals surface area contributed by atoms with E-state index in [-0.39, 0.29) is 0 Å². The van der Waals surface area contributed by atoms with E-state index in [4.69, 9.17) is 5.73 Å². The van der Waals surface area contributed by atoms with Gasteiger partial charge in [-0.2, -0.15) is 0 Å². The Hall–Kier alpha value is -1.91. The van der Waals surface area contributed by atoms with E-state index in [1.807, 2.05) is 0 Å². The average molecular weight is 251 g/mol. The van der Waals surface area contributed by atoms with Crippen LogP contribution in [0, 0.1) is 11.6 Å². The first-order valence-electron chi connectivity index (χ1n) is 5.89. The van der Waals surface area contributed by atoms with Gasteiger partial charge in [-0.15, -0.1) is 0 Å². The number of halogens is 2. The molecule has 0 saturated heterocycles. The molecule has 2 aromatic rings. The summed E-state index contributed by atoms with van der Waals surface area (Å²) in [7, 11) is 0. The van der Waals surface area contributed by atoms with E-state index in [2.05, 4.69) is 11.9 Å². The highest BCUT2D eigenvalue weighted by atomic mass is 19.1. The van der Waals surface area contributed by atoms with Crippen molar-refractivity contribution < 1.29 is 8.78 Å². The lowest BCUT2D eigenvalue weighted by Gasteiger charge is -2.05. The molecule has 96 valence electrons. The molecule has 0 fully saturated rings. The normalized spacial score (nSPS) is 10.8. The number of nitrogens with two attached hydrogens (primary N) is 1. The highest BCUT2D eigenvalue weighted by molar-refractivity contribution is 5.70. The third-order valence-electron chi connectivity index (χ3n) is 2.77. The second kappa shape index (κ2) is 5.16. The Bertz CT molecular complexity index is 529. The van der Waals surface area contributed by atoms with Crippen LogP contribution in [0.3, 0.4) is 0 Å². The zero-order valence-corrected chi connectivity index (χ0v) is 10.2. The summed E-state index contributed by atoms with van der Waals surface area (Å²) < 4.78 is 28.1. The summed E-state index contributed by atoms with van der Waals surface area (Å²) in [6, 6.07) is 3.28. The molecule has 3 nitrogen and oxygen atoms in total. The second-order valence-electron chi connectivity index (χ2n) is 4.18. The number of hydrogen-bond acceptors (Lipinski definition) is 2. The number of aryl methyl sites for hydroxylation is 1. The van der Waals surface area contributed by atoms with Gasteiger partial charge in [-0.05, 0) is 18.6 Å². The number of nitrogens with zero attached hydrogens (tertiary/aromatic N) is 2. The van der Waals surface area contributed by atoms with Crippen LogP contribution in [0.25, 0.3) is 11.3 Å². The fraction of sp³-hybridized carbons (Fsp3) is 0.308. The molecule has 18 heavy (non-hydrogen) atoms. The van der Waals surface area contributed by atoms with Gasteiger partial charge in [0.2, 0.25) is 0 Å². The summed E-state index contributed by atoms with van der Waals surface area (Å²) in [5, 5.41) is 0. The molecule has 0 atom stereocenters. The molecule has 1 aromatic carbocycles. The Kier molecular flexibility index (Phi) is 3.60. The Balaban J connectivity index is 2.36. The molecule has 0 aliphatic rings. The number of hydrogen-bond donors (Lipinski definition) is 1. The minimum absolute atomic E-state index is 0.361. The van der Waals surface area contributed by atoms with Crippen molar-refractivity contribution in [1.82, 2.24) is 9.55 Å². The van der Waals surface area contributed by atoms with E-state index in [1.54, 1.807) is 10.9 Å². The number of rotatable bonds is 4. The van der Waals surface area contributed by atoms with Gasteiger partial charge in [-0.1, -0.05) is 13.3 Å². The average Bonchev–Trinajstić information content (AvgIpc) is 2.67. The number of aromatic nitrogens is 2. The minimum atomic E-state index is -0.632. The largest absolute Gasteiger partial charge is 0.383 e. The van der Waals surface area contributed by atoms with Crippen LogP contribution in [0.4, 0.5) is 14.6 Å². The van der Waals surface area contributed by atoms with Gasteiger partial charge in [0.05, 0.1) is 6.33 Å². The van der Waals surface area contributed by atoms with Gasteiger partial charge >= 0.3 is 0 Å². The van der Waals surface area contributed by atoms with Crippen LogP contribution in [-0.2, 0) is 6.54 Å². The predicted molar refractivity (Wildman–Crippen MR) is 66.9 cm³/mol. The first kappa shape index (κ1) is 12.5. The van der Waals surface area contributed by atoms with E-state index < -0.39 is 11.6 Å². The molecule has 2 N–H and O–H groups in total. The Labute approximate surface area is 104 Å². The molecule has 0 amide bonds. The molecule has 0 spiro atoms. The maximum atomic E-state index is 13.1. The van der Waals surface area contributed by atoms with Gasteiger partial charge < -0.3 is 10.3 Å². The Morgan fingerprint density at radius 1 is 1.22 bits per heavy atom. The number of anilines is 1. The molecule has 0 unspecified atom stereocenters. The highest BCUT2D eigenvalue weighted by Gasteiger charge is 2.11. The maximum absolute atomic E-state index is 13.1. The van der Waals surface area contributed by atoms with Crippen molar-refractivity contribution in [1.29, 1.82) is 0 Å². The molecular weight excluding hydrogens is 236 g/mol. The van der Waals surface area contributed by atoms with Gasteiger partial charge in [0.15, 0.2) is 0 Å². The zero-order valence-electron chi connectivity index (χ0n) is 10.2. The molecule has 0 aliphatic carbocycles. The van der Waals surface area contributed by atoms with Crippen molar-refractivity contribution in [2.75, 3.05) is 5.73 Å². The third-order valence-corrected chi connectivity index (χ3v) is 2.77. The van der Waals surface area contributed by atoms with Gasteiger partial charge in [0, 0.05) is 18.2 Å². The molecule has 0 aliphatic heterocycles. The molecule has 1 aromatic heterocycles. The Morgan fingerprint density at radius 2 is 1.89 bits per heavy atom. The van der Waals surface area contributed by atoms with Crippen molar-refractivity contribution >= 4 is 5.82 Å². The molecule has 0 bridgehead atoms. The molecule has 5 heteroatoms. The van der Waals surface area contributed by atoms with Crippen LogP contribution in [0.1, 0.15) is 19.8 Å². The molecule has 2 rings (SSSR count). The summed E-state index contributed by atoms with van der Waals surface area (Å²) in [4.78, 5) is 4.13. The highest BCUT2D eigenvalue weighted by Crippen LogP contribution is 2.26. The summed E-state index contributed by atoms with van der Waals surface area (Å²) in [6.07, 6.45) is 3.63. The summed E-state index contributed by atoms with van der Waals surface area (Å²) in [5.41, 5.74) is 6.71. The van der Waals surface area contributed by atoms with Gasteiger partial charge in [0.25, 0.3) is 0 Å². The van der Waals surface area contributed by atoms with Crippen LogP contribution in [-0.4, -0.2) is 9.55 Å². The van der Waals surface area contributed by atoms with Crippen molar-refractivity contribution in [3.05, 3.63) is 36.2 Å². The molecule has 1 heterocycles. The summed E-state index contributed by atoms with van der Waals surface area (Å²) in [5.74, 6) is -0.825. The van der Waals surface area contributed by atoms with Crippen LogP contribution >= 0.6 is 0 Å². The van der Waals surface area contributed by atoms with Crippen LogP contribution in [0.5, 0.6) is 0 Å². The van der Waals surface area contributed by atoms with E-state index in [0.29, 0.717) is 17.1 Å². The van der Waals surface area contributed by atoms with Crippen molar-refractivity contribution in [2.45, 2.75) is 26.3 Å². The number of unbranched alkanes of at least 4 members (excludes halogenated alkanes) is 1. The van der Waals surface area contributed by atoms with E-state index in [1.165, 1.54) is 12.1 Å². The minimum Gasteiger partial charge on any atom is -0.383 e. The van der Waals surface area contributed by atoms with Crippen LogP contribution in [0.15, 0.2) is 24.5 Å². The van der Waals surface area contributed by atoms with Crippen molar-refractivity contribution in [3.63, 3.8) is 0 Å². The quantitative estimate of drug-likeness (QED) is 0.906. The third kappa shape index (κ3) is 2.50. The summed E-state index contributed by atoms with van der Waals surface area (Å²) in [6.45, 7) is 2.84. The van der Waals surface area contributed by atoms with Gasteiger partial charge in [-0.3, -0.25) is 0 Å². The van der Waals surface area contributed by atoms with Gasteiger partial charge in [-0.25, -0.2) is 13.8 Å².